The molecule has 294 valence electrons. The molecular weight excluding hydrogens is 755 g/mol. The molecule has 11 nitrogen and oxygen atoms in total. The van der Waals surface area contributed by atoms with E-state index in [2.05, 4.69) is 58.8 Å². The standard InChI is InChI=1S/C37H56ClFN4O7SSi2/c1-37(2,3)53(8,9)50-30-21-48-32-29(20-47-33(30)32)49-36-41-28-19-25(38)34(42-35(28)43(36)22-46-14-16-52(5,6)7)40-27-13-12-24-17-23(18-26(39)31(24)27)11-10-15-51(4,44)45/h17-19,27,29-30,32-33H,10-16,20-22H2,1-9H3,(H,40,42)/t27-,29+,30+,32+,33+/m0/s1. The Kier molecular flexibility index (Phi) is 11.8. The van der Waals surface area contributed by atoms with E-state index in [0.717, 1.165) is 17.2 Å². The maximum atomic E-state index is 15.6. The molecule has 0 spiro atoms. The lowest BCUT2D eigenvalue weighted by Gasteiger charge is -2.39. The van der Waals surface area contributed by atoms with Crippen molar-refractivity contribution in [2.24, 2.45) is 0 Å². The van der Waals surface area contributed by atoms with Crippen LogP contribution in [0.25, 0.3) is 11.2 Å². The Morgan fingerprint density at radius 1 is 1.06 bits per heavy atom. The average Bonchev–Trinajstić information content (AvgIpc) is 3.79. The molecule has 4 heterocycles. The summed E-state index contributed by atoms with van der Waals surface area (Å²) in [6.07, 6.45) is 2.40. The van der Waals surface area contributed by atoms with E-state index in [9.17, 15) is 8.42 Å². The molecule has 3 aliphatic rings. The molecule has 0 amide bonds. The topological polar surface area (TPSA) is 123 Å². The predicted octanol–water partition coefficient (Wildman–Crippen LogP) is 7.55. The van der Waals surface area contributed by atoms with Gasteiger partial charge in [-0.25, -0.2) is 17.8 Å². The van der Waals surface area contributed by atoms with Gasteiger partial charge in [0.2, 0.25) is 0 Å². The Morgan fingerprint density at radius 2 is 1.75 bits per heavy atom. The maximum absolute atomic E-state index is 15.6. The van der Waals surface area contributed by atoms with E-state index in [0.29, 0.717) is 79.1 Å². The van der Waals surface area contributed by atoms with Gasteiger partial charge in [-0.2, -0.15) is 4.98 Å². The molecule has 1 N–H and O–H groups in total. The number of nitrogens with one attached hydrogen (secondary N) is 1. The van der Waals surface area contributed by atoms with Gasteiger partial charge in [-0.3, -0.25) is 4.57 Å². The number of hydrogen-bond donors (Lipinski definition) is 1. The quantitative estimate of drug-likeness (QED) is 0.122. The SMILES string of the molecule is CC(C)(C)[Si](C)(C)O[C@@H]1CO[C@H]2[C@@H]1OC[C@H]2Oc1nc2cc(Cl)c(N[C@H]3CCc4cc(CCCS(C)(=O)=O)cc(F)c43)nc2n1COCC[Si](C)(C)C. The van der Waals surface area contributed by atoms with Crippen molar-refractivity contribution in [3.63, 3.8) is 0 Å². The van der Waals surface area contributed by atoms with Crippen molar-refractivity contribution in [3.8, 4) is 6.01 Å². The fraction of sp³-hybridized carbons (Fsp3) is 0.676. The first-order valence-corrected chi connectivity index (χ1v) is 27.7. The molecule has 5 atom stereocenters. The second-order valence-electron chi connectivity index (χ2n) is 17.6. The van der Waals surface area contributed by atoms with Crippen LogP contribution in [-0.2, 0) is 48.0 Å². The zero-order valence-corrected chi connectivity index (χ0v) is 36.1. The molecule has 1 aromatic carbocycles. The highest BCUT2D eigenvalue weighted by Crippen LogP contribution is 2.42. The summed E-state index contributed by atoms with van der Waals surface area (Å²) in [6.45, 7) is 19.6. The summed E-state index contributed by atoms with van der Waals surface area (Å²) >= 11 is 6.82. The number of rotatable bonds is 15. The molecule has 3 aromatic rings. The van der Waals surface area contributed by atoms with Crippen molar-refractivity contribution in [2.75, 3.05) is 37.1 Å². The van der Waals surface area contributed by atoms with Crippen LogP contribution >= 0.6 is 11.6 Å². The van der Waals surface area contributed by atoms with Crippen LogP contribution in [0.4, 0.5) is 10.2 Å². The van der Waals surface area contributed by atoms with Gasteiger partial charge >= 0.3 is 6.01 Å². The number of pyridine rings is 1. The second-order valence-corrected chi connectivity index (χ2v) is 30.7. The molecule has 2 aliphatic heterocycles. The van der Waals surface area contributed by atoms with Crippen molar-refractivity contribution >= 4 is 54.8 Å². The first-order chi connectivity index (χ1) is 24.7. The number of benzene rings is 1. The van der Waals surface area contributed by atoms with Crippen molar-refractivity contribution in [2.45, 2.75) is 127 Å². The molecule has 0 unspecified atom stereocenters. The van der Waals surface area contributed by atoms with Gasteiger partial charge in [0.15, 0.2) is 20.1 Å². The monoisotopic (exact) mass is 810 g/mol. The second kappa shape index (κ2) is 15.4. The lowest BCUT2D eigenvalue weighted by molar-refractivity contribution is 0.00687. The van der Waals surface area contributed by atoms with Crippen LogP contribution in [0.1, 0.15) is 56.3 Å². The largest absolute Gasteiger partial charge is 0.456 e. The fourth-order valence-electron chi connectivity index (χ4n) is 6.94. The zero-order chi connectivity index (χ0) is 38.5. The number of ether oxygens (including phenoxy) is 4. The lowest BCUT2D eigenvalue weighted by atomic mass is 10.0. The molecule has 2 saturated heterocycles. The third-order valence-electron chi connectivity index (χ3n) is 10.9. The van der Waals surface area contributed by atoms with Crippen molar-refractivity contribution in [3.05, 3.63) is 45.7 Å². The minimum Gasteiger partial charge on any atom is -0.456 e. The predicted molar refractivity (Wildman–Crippen MR) is 212 cm³/mol. The summed E-state index contributed by atoms with van der Waals surface area (Å²) in [6, 6.07) is 6.25. The number of nitrogens with zero attached hydrogens (tertiary/aromatic N) is 3. The smallest absolute Gasteiger partial charge is 0.301 e. The highest BCUT2D eigenvalue weighted by molar-refractivity contribution is 7.90. The van der Waals surface area contributed by atoms with E-state index in [-0.39, 0.29) is 47.7 Å². The van der Waals surface area contributed by atoms with Gasteiger partial charge in [0.1, 0.15) is 45.9 Å². The Morgan fingerprint density at radius 3 is 2.43 bits per heavy atom. The molecule has 0 radical (unpaired) electrons. The van der Waals surface area contributed by atoms with Crippen molar-refractivity contribution in [1.29, 1.82) is 0 Å². The van der Waals surface area contributed by atoms with Gasteiger partial charge in [-0.15, -0.1) is 0 Å². The number of aromatic nitrogens is 3. The van der Waals surface area contributed by atoms with E-state index >= 15 is 4.39 Å². The van der Waals surface area contributed by atoms with Crippen LogP contribution < -0.4 is 10.1 Å². The van der Waals surface area contributed by atoms with Crippen molar-refractivity contribution < 1.29 is 36.2 Å². The van der Waals surface area contributed by atoms with E-state index in [1.165, 1.54) is 12.3 Å². The molecular formula is C37H56ClFN4O7SSi2. The zero-order valence-electron chi connectivity index (χ0n) is 32.6. The van der Waals surface area contributed by atoms with E-state index < -0.39 is 32.3 Å². The summed E-state index contributed by atoms with van der Waals surface area (Å²) in [7, 11) is -6.46. The van der Waals surface area contributed by atoms with Gasteiger partial charge in [0, 0.05) is 26.5 Å². The summed E-state index contributed by atoms with van der Waals surface area (Å²) in [5.74, 6) is 0.173. The maximum Gasteiger partial charge on any atom is 0.301 e. The summed E-state index contributed by atoms with van der Waals surface area (Å²) in [4.78, 5) is 9.76. The Labute approximate surface area is 320 Å². The number of aryl methyl sites for hydroxylation is 2. The first-order valence-electron chi connectivity index (χ1n) is 18.7. The molecule has 2 aromatic heterocycles. The fourth-order valence-corrected chi connectivity index (χ4v) is 9.88. The number of imidazole rings is 1. The minimum absolute atomic E-state index is 0.0592. The summed E-state index contributed by atoms with van der Waals surface area (Å²) < 4.78 is 72.6. The Bertz CT molecular complexity index is 1920. The van der Waals surface area contributed by atoms with Gasteiger partial charge in [0.25, 0.3) is 0 Å². The number of halogens is 2. The van der Waals surface area contributed by atoms with Gasteiger partial charge in [-0.1, -0.05) is 58.1 Å². The molecule has 0 bridgehead atoms. The van der Waals surface area contributed by atoms with E-state index in [1.807, 2.05) is 10.6 Å². The van der Waals surface area contributed by atoms with Crippen molar-refractivity contribution in [1.82, 2.24) is 14.5 Å². The third-order valence-corrected chi connectivity index (χ3v) is 18.5. The highest BCUT2D eigenvalue weighted by atomic mass is 35.5. The molecule has 1 aliphatic carbocycles. The average molecular weight is 812 g/mol. The molecule has 53 heavy (non-hydrogen) atoms. The minimum atomic E-state index is -3.07. The first kappa shape index (κ1) is 40.5. The lowest BCUT2D eigenvalue weighted by Crippen LogP contribution is -2.47. The summed E-state index contributed by atoms with van der Waals surface area (Å²) in [5, 5.41) is 3.83. The Balaban J connectivity index is 1.22. The van der Waals surface area contributed by atoms with Crippen LogP contribution in [0.15, 0.2) is 18.2 Å². The van der Waals surface area contributed by atoms with E-state index in [1.54, 1.807) is 6.07 Å². The van der Waals surface area contributed by atoms with Gasteiger partial charge in [0.05, 0.1) is 36.1 Å². The summed E-state index contributed by atoms with van der Waals surface area (Å²) in [5.41, 5.74) is 3.37. The number of fused-ring (bicyclic) bond motifs is 3. The molecule has 0 saturated carbocycles. The number of sulfone groups is 1. The van der Waals surface area contributed by atoms with E-state index in [4.69, 9.17) is 44.9 Å². The van der Waals surface area contributed by atoms with Crippen LogP contribution in [0.5, 0.6) is 6.01 Å². The molecule has 2 fully saturated rings. The van der Waals surface area contributed by atoms with Crippen LogP contribution in [0, 0.1) is 5.82 Å². The van der Waals surface area contributed by atoms with Crippen LogP contribution in [-0.4, -0.2) is 95.6 Å². The normalized spacial score (nSPS) is 23.5. The molecule has 6 rings (SSSR count). The number of hydrogen-bond acceptors (Lipinski definition) is 10. The third kappa shape index (κ3) is 9.47. The van der Waals surface area contributed by atoms with Gasteiger partial charge < -0.3 is 28.7 Å². The van der Waals surface area contributed by atoms with Crippen LogP contribution in [0.3, 0.4) is 0 Å². The number of anilines is 1. The molecule has 16 heteroatoms. The van der Waals surface area contributed by atoms with Gasteiger partial charge in [-0.05, 0) is 73.1 Å². The Hall–Kier alpha value is -2.12. The van der Waals surface area contributed by atoms with Crippen LogP contribution in [0.2, 0.25) is 48.8 Å². The highest BCUT2D eigenvalue weighted by Gasteiger charge is 2.52.